The van der Waals surface area contributed by atoms with Gasteiger partial charge in [0, 0.05) is 6.61 Å². The van der Waals surface area contributed by atoms with E-state index in [1.54, 1.807) is 49.6 Å². The Labute approximate surface area is 361 Å². The van der Waals surface area contributed by atoms with Gasteiger partial charge in [-0.1, -0.05) is 121 Å². The Bertz CT molecular complexity index is 1860. The van der Waals surface area contributed by atoms with E-state index in [1.165, 1.54) is 96.2 Å². The van der Waals surface area contributed by atoms with Gasteiger partial charge in [0.1, 0.15) is 47.9 Å². The van der Waals surface area contributed by atoms with Crippen molar-refractivity contribution < 1.29 is 42.2 Å². The zero-order chi connectivity index (χ0) is 43.0. The lowest BCUT2D eigenvalue weighted by Gasteiger charge is -2.31. The fourth-order valence-corrected chi connectivity index (χ4v) is 9.02. The van der Waals surface area contributed by atoms with E-state index in [4.69, 9.17) is 50.1 Å². The summed E-state index contributed by atoms with van der Waals surface area (Å²) < 4.78 is 57.3. The lowest BCUT2D eigenvalue weighted by atomic mass is 9.97. The maximum atomic E-state index is 13.4. The summed E-state index contributed by atoms with van der Waals surface area (Å²) in [6.45, 7) is 7.76. The molecule has 4 heterocycles. The number of hydrogen-bond donors (Lipinski definition) is 2. The number of phosphoric ester groups is 1. The Morgan fingerprint density at radius 1 is 0.917 bits per heavy atom. The number of ether oxygens (including phenoxy) is 5. The molecule has 2 aliphatic rings. The van der Waals surface area contributed by atoms with Crippen LogP contribution in [0.25, 0.3) is 5.52 Å². The van der Waals surface area contributed by atoms with Crippen LogP contribution in [0.4, 0.5) is 5.82 Å². The normalized spacial score (nSPS) is 22.5. The number of benzene rings is 1. The second-order valence-corrected chi connectivity index (χ2v) is 18.7. The third-order valence-corrected chi connectivity index (χ3v) is 12.5. The lowest BCUT2D eigenvalue weighted by molar-refractivity contribution is -0.212. The molecule has 0 aliphatic carbocycles. The van der Waals surface area contributed by atoms with E-state index < -0.39 is 43.6 Å². The molecule has 2 saturated heterocycles. The summed E-state index contributed by atoms with van der Waals surface area (Å²) in [5.41, 5.74) is 7.22. The summed E-state index contributed by atoms with van der Waals surface area (Å²) in [5.74, 6) is -0.637. The molecule has 3 aromatic rings. The minimum absolute atomic E-state index is 0.118. The van der Waals surface area contributed by atoms with Crippen LogP contribution in [0.15, 0.2) is 36.7 Å². The molecular weight excluding hydrogens is 809 g/mol. The van der Waals surface area contributed by atoms with E-state index in [-0.39, 0.29) is 26.4 Å². The second-order valence-electron chi connectivity index (χ2n) is 16.8. The zero-order valence-corrected chi connectivity index (χ0v) is 37.7. The molecule has 1 unspecified atom stereocenters. The Morgan fingerprint density at radius 3 is 2.20 bits per heavy atom. The number of nitriles is 1. The summed E-state index contributed by atoms with van der Waals surface area (Å²) >= 11 is 6.25. The third-order valence-electron chi connectivity index (χ3n) is 11.3. The van der Waals surface area contributed by atoms with Crippen molar-refractivity contribution in [3.63, 3.8) is 0 Å². The molecule has 16 heteroatoms. The van der Waals surface area contributed by atoms with Crippen LogP contribution in [0, 0.1) is 11.3 Å². The van der Waals surface area contributed by atoms with Crippen molar-refractivity contribution in [2.45, 2.75) is 173 Å². The number of rotatable bonds is 29. The van der Waals surface area contributed by atoms with Gasteiger partial charge in [0.15, 0.2) is 11.6 Å². The van der Waals surface area contributed by atoms with Crippen LogP contribution in [0.5, 0.6) is 0 Å². The van der Waals surface area contributed by atoms with Gasteiger partial charge in [-0.2, -0.15) is 10.4 Å². The summed E-state index contributed by atoms with van der Waals surface area (Å²) in [7, 11) is -4.64. The van der Waals surface area contributed by atoms with E-state index >= 15 is 0 Å². The highest BCUT2D eigenvalue weighted by Crippen LogP contribution is 2.52. The number of anilines is 1. The van der Waals surface area contributed by atoms with Gasteiger partial charge >= 0.3 is 7.82 Å². The van der Waals surface area contributed by atoms with Crippen LogP contribution in [0.3, 0.4) is 0 Å². The first-order valence-corrected chi connectivity index (χ1v) is 23.8. The van der Waals surface area contributed by atoms with Gasteiger partial charge in [-0.05, 0) is 57.0 Å². The molecule has 1 aromatic carbocycles. The fourth-order valence-electron chi connectivity index (χ4n) is 7.93. The van der Waals surface area contributed by atoms with E-state index in [9.17, 15) is 14.7 Å². The van der Waals surface area contributed by atoms with Crippen molar-refractivity contribution in [2.24, 2.45) is 0 Å². The van der Waals surface area contributed by atoms with Crippen LogP contribution in [-0.2, 0) is 43.9 Å². The number of nitrogens with two attached hydrogens (primary N) is 1. The zero-order valence-electron chi connectivity index (χ0n) is 36.0. The molecule has 0 amide bonds. The van der Waals surface area contributed by atoms with E-state index in [2.05, 4.69) is 17.0 Å². The maximum absolute atomic E-state index is 13.4. The van der Waals surface area contributed by atoms with Gasteiger partial charge in [-0.3, -0.25) is 9.05 Å². The lowest BCUT2D eigenvalue weighted by Crippen LogP contribution is -2.44. The van der Waals surface area contributed by atoms with Gasteiger partial charge in [0.2, 0.25) is 0 Å². The van der Waals surface area contributed by atoms with Crippen molar-refractivity contribution >= 4 is 30.8 Å². The Kier molecular flexibility index (Phi) is 19.1. The van der Waals surface area contributed by atoms with Gasteiger partial charge in [-0.25, -0.2) is 14.1 Å². The summed E-state index contributed by atoms with van der Waals surface area (Å²) in [5, 5.41) is 13.9. The number of hydrogen-bond acceptors (Lipinski definition) is 12. The minimum Gasteiger partial charge on any atom is -0.382 e. The van der Waals surface area contributed by atoms with Crippen molar-refractivity contribution in [1.82, 2.24) is 14.6 Å². The molecule has 60 heavy (non-hydrogen) atoms. The van der Waals surface area contributed by atoms with E-state index in [0.717, 1.165) is 18.4 Å². The van der Waals surface area contributed by atoms with Crippen LogP contribution in [0.2, 0.25) is 5.02 Å². The topological polar surface area (TPSA) is 182 Å². The molecule has 5 rings (SSSR count). The number of nitrogen functional groups attached to an aromatic ring is 1. The fraction of sp³-hybridized carbons (Fsp3) is 0.705. The summed E-state index contributed by atoms with van der Waals surface area (Å²) in [6.07, 6.45) is 19.4. The van der Waals surface area contributed by atoms with E-state index in [1.807, 2.05) is 12.1 Å². The number of unbranched alkanes of at least 4 members (excludes halogenated alkanes) is 15. The third kappa shape index (κ3) is 14.4. The highest BCUT2D eigenvalue weighted by Gasteiger charge is 2.62. The molecule has 6 atom stereocenters. The van der Waals surface area contributed by atoms with Crippen LogP contribution in [-0.4, -0.2) is 75.6 Å². The summed E-state index contributed by atoms with van der Waals surface area (Å²) in [4.78, 5) is 15.0. The highest BCUT2D eigenvalue weighted by atomic mass is 35.5. The second kappa shape index (κ2) is 23.7. The molecule has 0 radical (unpaired) electrons. The highest BCUT2D eigenvalue weighted by molar-refractivity contribution is 7.47. The summed E-state index contributed by atoms with van der Waals surface area (Å²) in [6, 6.07) is 10.7. The van der Waals surface area contributed by atoms with Crippen molar-refractivity contribution in [1.29, 1.82) is 5.26 Å². The van der Waals surface area contributed by atoms with Gasteiger partial charge in [0.25, 0.3) is 0 Å². The quantitative estimate of drug-likeness (QED) is 0.0497. The predicted octanol–water partition coefficient (Wildman–Crippen LogP) is 10.2. The van der Waals surface area contributed by atoms with Gasteiger partial charge < -0.3 is 34.3 Å². The van der Waals surface area contributed by atoms with Gasteiger partial charge in [-0.15, -0.1) is 0 Å². The standard InChI is InChI=1S/C44H67ClN5O9P/c1-5-6-7-8-9-10-11-12-13-14-15-16-17-18-19-20-25-53-29-35(54-28-33-21-22-34(27-46)36(45)26-33)30-55-60(51,52)56-31-44(4)41-40(57-43(2,3)59-41)39(58-44)37-23-24-38-42(47)48-32-49-50(37)38/h21-24,26,32,35,39-41H,5-20,25,28-31H2,1-4H3,(H,51,52)(H2,47,48,49)/t35-,39+,40+,41+,44-/m1/s1. The minimum atomic E-state index is -4.64. The van der Waals surface area contributed by atoms with Crippen molar-refractivity contribution in [2.75, 3.05) is 32.2 Å². The number of aromatic nitrogens is 3. The molecule has 2 fully saturated rings. The van der Waals surface area contributed by atoms with Crippen molar-refractivity contribution in [3.8, 4) is 6.07 Å². The van der Waals surface area contributed by atoms with Crippen molar-refractivity contribution in [3.05, 3.63) is 58.5 Å². The molecule has 0 bridgehead atoms. The maximum Gasteiger partial charge on any atom is 0.472 e. The smallest absolute Gasteiger partial charge is 0.382 e. The molecule has 334 valence electrons. The molecule has 0 saturated carbocycles. The number of nitrogens with zero attached hydrogens (tertiary/aromatic N) is 4. The monoisotopic (exact) mass is 875 g/mol. The Morgan fingerprint density at radius 2 is 1.57 bits per heavy atom. The van der Waals surface area contributed by atoms with Crippen LogP contribution in [0.1, 0.15) is 153 Å². The first-order valence-electron chi connectivity index (χ1n) is 22.0. The van der Waals surface area contributed by atoms with Crippen LogP contribution < -0.4 is 5.73 Å². The first kappa shape index (κ1) is 48.4. The number of halogens is 1. The Hall–Kier alpha value is -2.67. The molecule has 0 spiro atoms. The molecule has 3 N–H and O–H groups in total. The largest absolute Gasteiger partial charge is 0.472 e. The predicted molar refractivity (Wildman–Crippen MR) is 230 cm³/mol. The molecule has 2 aromatic heterocycles. The molecular formula is C44H67ClN5O9P. The number of phosphoric acid groups is 1. The van der Waals surface area contributed by atoms with E-state index in [0.29, 0.717) is 34.2 Å². The van der Waals surface area contributed by atoms with Gasteiger partial charge in [0.05, 0.1) is 42.7 Å². The number of fused-ring (bicyclic) bond motifs is 2. The molecule has 14 nitrogen and oxygen atoms in total. The average molecular weight is 876 g/mol. The molecule has 2 aliphatic heterocycles. The first-order chi connectivity index (χ1) is 28.8. The SMILES string of the molecule is CCCCCCCCCCCCCCCCCCOC[C@H](COP(=O)(O)OC[C@@]1(C)O[C@@H](c2ccc3c(N)ncnn23)[C@@H]2OC(C)(C)O[C@@H]21)OCc1ccc(C#N)c(Cl)c1. The average Bonchev–Trinajstić information content (AvgIpc) is 3.88. The Balaban J connectivity index is 1.06. The van der Waals surface area contributed by atoms with Crippen LogP contribution >= 0.6 is 19.4 Å².